The minimum Gasteiger partial charge on any atom is -0.295 e. The maximum absolute atomic E-state index is 12.1. The normalized spacial score (nSPS) is 17.4. The highest BCUT2D eigenvalue weighted by Gasteiger charge is 2.15. The van der Waals surface area contributed by atoms with Crippen LogP contribution in [0.5, 0.6) is 0 Å². The molecule has 0 aromatic heterocycles. The Morgan fingerprint density at radius 2 is 2.06 bits per heavy atom. The van der Waals surface area contributed by atoms with Crippen molar-refractivity contribution >= 4 is 40.7 Å². The van der Waals surface area contributed by atoms with E-state index in [4.69, 9.17) is 23.2 Å². The van der Waals surface area contributed by atoms with Gasteiger partial charge in [-0.25, -0.2) is 0 Å². The zero-order valence-corrected chi connectivity index (χ0v) is 12.3. The van der Waals surface area contributed by atoms with E-state index in [1.807, 2.05) is 11.8 Å². The second kappa shape index (κ2) is 6.80. The van der Waals surface area contributed by atoms with Crippen LogP contribution >= 0.6 is 35.0 Å². The van der Waals surface area contributed by atoms with Crippen molar-refractivity contribution in [2.75, 3.05) is 31.1 Å². The monoisotopic (exact) mass is 303 g/mol. The number of nitrogens with zero attached hydrogens (tertiary/aromatic N) is 1. The van der Waals surface area contributed by atoms with Gasteiger partial charge in [-0.1, -0.05) is 23.2 Å². The Labute approximate surface area is 122 Å². The van der Waals surface area contributed by atoms with Crippen molar-refractivity contribution in [3.05, 3.63) is 33.8 Å². The lowest BCUT2D eigenvalue weighted by Gasteiger charge is -2.18. The molecule has 1 aromatic rings. The summed E-state index contributed by atoms with van der Waals surface area (Å²) in [6.07, 6.45) is 1.15. The summed E-state index contributed by atoms with van der Waals surface area (Å²) in [4.78, 5) is 14.4. The quantitative estimate of drug-likeness (QED) is 0.796. The number of ketones is 1. The van der Waals surface area contributed by atoms with Gasteiger partial charge in [-0.2, -0.15) is 11.8 Å². The first-order chi connectivity index (χ1) is 8.66. The summed E-state index contributed by atoms with van der Waals surface area (Å²) in [5, 5.41) is 0.924. The standard InChI is InChI=1S/C13H15Cl2NOS/c14-11-3-2-10(8-12(11)15)13(17)9-16-4-1-6-18-7-5-16/h2-3,8H,1,4-7,9H2. The van der Waals surface area contributed by atoms with Gasteiger partial charge in [0.05, 0.1) is 16.6 Å². The molecule has 98 valence electrons. The van der Waals surface area contributed by atoms with E-state index in [-0.39, 0.29) is 5.78 Å². The summed E-state index contributed by atoms with van der Waals surface area (Å²) >= 11 is 13.7. The van der Waals surface area contributed by atoms with Gasteiger partial charge in [0.25, 0.3) is 0 Å². The van der Waals surface area contributed by atoms with Crippen LogP contribution in [-0.4, -0.2) is 41.8 Å². The van der Waals surface area contributed by atoms with E-state index < -0.39 is 0 Å². The number of hydrogen-bond acceptors (Lipinski definition) is 3. The first-order valence-electron chi connectivity index (χ1n) is 5.95. The average Bonchev–Trinajstić information content (AvgIpc) is 2.61. The molecule has 0 aliphatic carbocycles. The predicted molar refractivity (Wildman–Crippen MR) is 79.2 cm³/mol. The fraction of sp³-hybridized carbons (Fsp3) is 0.462. The summed E-state index contributed by atoms with van der Waals surface area (Å²) in [6, 6.07) is 5.07. The molecule has 18 heavy (non-hydrogen) atoms. The first-order valence-corrected chi connectivity index (χ1v) is 7.86. The Morgan fingerprint density at radius 3 is 2.83 bits per heavy atom. The van der Waals surface area contributed by atoms with Crippen LogP contribution in [0.4, 0.5) is 0 Å². The predicted octanol–water partition coefficient (Wildman–Crippen LogP) is 3.62. The summed E-state index contributed by atoms with van der Waals surface area (Å²) in [6.45, 7) is 2.45. The molecule has 2 rings (SSSR count). The van der Waals surface area contributed by atoms with E-state index in [9.17, 15) is 4.79 Å². The molecule has 1 fully saturated rings. The summed E-state index contributed by atoms with van der Waals surface area (Å²) in [7, 11) is 0. The van der Waals surface area contributed by atoms with Crippen LogP contribution in [0, 0.1) is 0 Å². The van der Waals surface area contributed by atoms with Gasteiger partial charge < -0.3 is 0 Å². The highest BCUT2D eigenvalue weighted by atomic mass is 35.5. The zero-order valence-electron chi connectivity index (χ0n) is 9.99. The second-order valence-electron chi connectivity index (χ2n) is 4.29. The molecule has 2 nitrogen and oxygen atoms in total. The number of rotatable bonds is 3. The van der Waals surface area contributed by atoms with Gasteiger partial charge in [0.15, 0.2) is 5.78 Å². The molecule has 0 unspecified atom stereocenters. The molecule has 1 aromatic carbocycles. The highest BCUT2D eigenvalue weighted by molar-refractivity contribution is 7.99. The minimum atomic E-state index is 0.112. The van der Waals surface area contributed by atoms with Gasteiger partial charge in [0, 0.05) is 17.9 Å². The smallest absolute Gasteiger partial charge is 0.176 e. The molecular formula is C13H15Cl2NOS. The van der Waals surface area contributed by atoms with Crippen molar-refractivity contribution in [3.63, 3.8) is 0 Å². The molecule has 0 spiro atoms. The fourth-order valence-corrected chi connectivity index (χ4v) is 3.14. The molecule has 0 bridgehead atoms. The first kappa shape index (κ1) is 14.2. The van der Waals surface area contributed by atoms with E-state index in [2.05, 4.69) is 4.90 Å². The lowest BCUT2D eigenvalue weighted by atomic mass is 10.1. The van der Waals surface area contributed by atoms with Crippen molar-refractivity contribution in [3.8, 4) is 0 Å². The van der Waals surface area contributed by atoms with Crippen molar-refractivity contribution in [1.82, 2.24) is 4.90 Å². The Bertz CT molecular complexity index is 431. The van der Waals surface area contributed by atoms with Gasteiger partial charge in [-0.15, -0.1) is 0 Å². The summed E-state index contributed by atoms with van der Waals surface area (Å²) < 4.78 is 0. The maximum atomic E-state index is 12.1. The third-order valence-corrected chi connectivity index (χ3v) is 4.71. The van der Waals surface area contributed by atoms with E-state index in [1.54, 1.807) is 18.2 Å². The molecule has 0 N–H and O–H groups in total. The minimum absolute atomic E-state index is 0.112. The van der Waals surface area contributed by atoms with Gasteiger partial charge in [-0.05, 0) is 36.9 Å². The largest absolute Gasteiger partial charge is 0.295 e. The lowest BCUT2D eigenvalue weighted by molar-refractivity contribution is 0.0936. The van der Waals surface area contributed by atoms with Gasteiger partial charge in [0.2, 0.25) is 0 Å². The number of halogens is 2. The number of benzene rings is 1. The second-order valence-corrected chi connectivity index (χ2v) is 6.33. The van der Waals surface area contributed by atoms with E-state index >= 15 is 0 Å². The van der Waals surface area contributed by atoms with Crippen molar-refractivity contribution in [1.29, 1.82) is 0 Å². The Hall–Kier alpha value is -0.220. The van der Waals surface area contributed by atoms with Crippen molar-refractivity contribution in [2.45, 2.75) is 6.42 Å². The topological polar surface area (TPSA) is 20.3 Å². The Kier molecular flexibility index (Phi) is 5.37. The number of carbonyl (C=O) groups excluding carboxylic acids is 1. The van der Waals surface area contributed by atoms with Gasteiger partial charge in [0.1, 0.15) is 0 Å². The number of Topliss-reactive ketones (excluding diaryl/α,β-unsaturated/α-hetero) is 1. The summed E-state index contributed by atoms with van der Waals surface area (Å²) in [5.41, 5.74) is 0.640. The lowest BCUT2D eigenvalue weighted by Crippen LogP contribution is -2.31. The van der Waals surface area contributed by atoms with Crippen molar-refractivity contribution < 1.29 is 4.79 Å². The average molecular weight is 304 g/mol. The SMILES string of the molecule is O=C(CN1CCCSCC1)c1ccc(Cl)c(Cl)c1. The molecule has 0 radical (unpaired) electrons. The molecule has 5 heteroatoms. The van der Waals surface area contributed by atoms with Crippen LogP contribution in [0.25, 0.3) is 0 Å². The van der Waals surface area contributed by atoms with Crippen LogP contribution in [0.1, 0.15) is 16.8 Å². The van der Waals surface area contributed by atoms with Crippen LogP contribution < -0.4 is 0 Å². The van der Waals surface area contributed by atoms with Crippen LogP contribution in [-0.2, 0) is 0 Å². The van der Waals surface area contributed by atoms with Gasteiger partial charge >= 0.3 is 0 Å². The molecule has 1 aliphatic heterocycles. The van der Waals surface area contributed by atoms with E-state index in [0.717, 1.165) is 25.3 Å². The van der Waals surface area contributed by atoms with Crippen LogP contribution in [0.2, 0.25) is 10.0 Å². The fourth-order valence-electron chi connectivity index (χ4n) is 1.92. The molecule has 0 amide bonds. The molecule has 0 saturated carbocycles. The third-order valence-electron chi connectivity index (χ3n) is 2.92. The summed E-state index contributed by atoms with van der Waals surface area (Å²) in [5.74, 6) is 2.41. The number of carbonyl (C=O) groups is 1. The highest BCUT2D eigenvalue weighted by Crippen LogP contribution is 2.23. The Balaban J connectivity index is 1.99. The molecular weight excluding hydrogens is 289 g/mol. The molecule has 1 saturated heterocycles. The molecule has 0 atom stereocenters. The molecule has 1 heterocycles. The van der Waals surface area contributed by atoms with Crippen LogP contribution in [0.15, 0.2) is 18.2 Å². The third kappa shape index (κ3) is 3.89. The van der Waals surface area contributed by atoms with E-state index in [1.165, 1.54) is 5.75 Å². The van der Waals surface area contributed by atoms with E-state index in [0.29, 0.717) is 22.2 Å². The molecule has 1 aliphatic rings. The maximum Gasteiger partial charge on any atom is 0.176 e. The Morgan fingerprint density at radius 1 is 1.22 bits per heavy atom. The number of hydrogen-bond donors (Lipinski definition) is 0. The van der Waals surface area contributed by atoms with Crippen LogP contribution in [0.3, 0.4) is 0 Å². The zero-order chi connectivity index (χ0) is 13.0. The number of thioether (sulfide) groups is 1. The van der Waals surface area contributed by atoms with Gasteiger partial charge in [-0.3, -0.25) is 9.69 Å². The van der Waals surface area contributed by atoms with Crippen molar-refractivity contribution in [2.24, 2.45) is 0 Å².